The van der Waals surface area contributed by atoms with Crippen LogP contribution < -0.4 is 11.5 Å². The molecule has 0 radical (unpaired) electrons. The number of H-pyrrole nitrogens is 1. The van der Waals surface area contributed by atoms with E-state index in [1.807, 2.05) is 6.07 Å². The summed E-state index contributed by atoms with van der Waals surface area (Å²) in [5.74, 6) is -0.878. The van der Waals surface area contributed by atoms with Crippen molar-refractivity contribution in [3.8, 4) is 17.5 Å². The first-order chi connectivity index (χ1) is 12.1. The minimum Gasteiger partial charge on any atom is -0.397 e. The molecule has 1 aliphatic rings. The molecule has 1 heterocycles. The third-order valence-corrected chi connectivity index (χ3v) is 4.13. The predicted molar refractivity (Wildman–Crippen MR) is 86.5 cm³/mol. The molecular formula is C16H9N7O2. The number of nitrogen functional groups attached to an aromatic ring is 2. The molecule has 120 valence electrons. The van der Waals surface area contributed by atoms with Crippen LogP contribution in [0.15, 0.2) is 24.3 Å². The van der Waals surface area contributed by atoms with Gasteiger partial charge >= 0.3 is 0 Å². The molecule has 4 rings (SSSR count). The lowest BCUT2D eigenvalue weighted by molar-refractivity contribution is 0.0980. The van der Waals surface area contributed by atoms with Crippen molar-refractivity contribution in [3.05, 3.63) is 52.1 Å². The number of fused-ring (bicyclic) bond motifs is 2. The van der Waals surface area contributed by atoms with E-state index in [0.29, 0.717) is 0 Å². The molecule has 0 fully saturated rings. The Morgan fingerprint density at radius 3 is 2.08 bits per heavy atom. The highest BCUT2D eigenvalue weighted by Gasteiger charge is 2.36. The van der Waals surface area contributed by atoms with Crippen molar-refractivity contribution in [2.75, 3.05) is 11.5 Å². The summed E-state index contributed by atoms with van der Waals surface area (Å²) in [6.45, 7) is 0. The van der Waals surface area contributed by atoms with Crippen molar-refractivity contribution in [2.24, 2.45) is 0 Å². The number of anilines is 2. The van der Waals surface area contributed by atoms with E-state index in [0.717, 1.165) is 0 Å². The SMILES string of the molecule is N#Cc1c(N)c2c(c(N)c1-c1nn[nH]n1)C(=O)c1ccccc1C2=O. The quantitative estimate of drug-likeness (QED) is 0.428. The van der Waals surface area contributed by atoms with Gasteiger partial charge in [0.05, 0.1) is 33.6 Å². The first-order valence-electron chi connectivity index (χ1n) is 7.13. The Hall–Kier alpha value is -4.06. The second-order valence-electron chi connectivity index (χ2n) is 5.38. The summed E-state index contributed by atoms with van der Waals surface area (Å²) >= 11 is 0. The minimum absolute atomic E-state index is 0.0163. The van der Waals surface area contributed by atoms with Crippen LogP contribution in [0.3, 0.4) is 0 Å². The molecule has 3 aromatic rings. The number of carbonyl (C=O) groups excluding carboxylic acids is 2. The number of carbonyl (C=O) groups is 2. The number of aromatic nitrogens is 4. The Morgan fingerprint density at radius 2 is 1.56 bits per heavy atom. The minimum atomic E-state index is -0.453. The Bertz CT molecular complexity index is 1110. The number of benzene rings is 2. The highest BCUT2D eigenvalue weighted by Crippen LogP contribution is 2.41. The maximum atomic E-state index is 12.9. The zero-order chi connectivity index (χ0) is 17.7. The molecule has 0 bridgehead atoms. The molecule has 0 amide bonds. The number of aromatic amines is 1. The summed E-state index contributed by atoms with van der Waals surface area (Å²) in [6, 6.07) is 8.29. The van der Waals surface area contributed by atoms with Gasteiger partial charge in [0.15, 0.2) is 11.6 Å². The fourth-order valence-corrected chi connectivity index (χ4v) is 3.02. The summed E-state index contributed by atoms with van der Waals surface area (Å²) in [6.07, 6.45) is 0. The molecule has 2 aromatic carbocycles. The maximum absolute atomic E-state index is 12.9. The average Bonchev–Trinajstić information content (AvgIpc) is 3.15. The second kappa shape index (κ2) is 4.97. The first kappa shape index (κ1) is 14.5. The molecule has 0 saturated heterocycles. The van der Waals surface area contributed by atoms with Gasteiger partial charge in [-0.15, -0.1) is 10.2 Å². The van der Waals surface area contributed by atoms with Gasteiger partial charge in [-0.05, 0) is 5.21 Å². The van der Waals surface area contributed by atoms with Gasteiger partial charge in [-0.3, -0.25) is 9.59 Å². The number of tetrazole rings is 1. The number of nitrogens with two attached hydrogens (primary N) is 2. The highest BCUT2D eigenvalue weighted by atomic mass is 16.1. The summed E-state index contributed by atoms with van der Waals surface area (Å²) < 4.78 is 0. The summed E-state index contributed by atoms with van der Waals surface area (Å²) in [4.78, 5) is 25.8. The Morgan fingerprint density at radius 1 is 0.960 bits per heavy atom. The van der Waals surface area contributed by atoms with Crippen molar-refractivity contribution >= 4 is 22.9 Å². The molecular weight excluding hydrogens is 322 g/mol. The lowest BCUT2D eigenvalue weighted by Crippen LogP contribution is -2.25. The lowest BCUT2D eigenvalue weighted by atomic mass is 9.79. The fraction of sp³-hybridized carbons (Fsp3) is 0. The van der Waals surface area contributed by atoms with Gasteiger partial charge in [-0.2, -0.15) is 10.5 Å². The van der Waals surface area contributed by atoms with Crippen molar-refractivity contribution in [2.45, 2.75) is 0 Å². The van der Waals surface area contributed by atoms with E-state index in [4.69, 9.17) is 11.5 Å². The van der Waals surface area contributed by atoms with Crippen LogP contribution in [0.4, 0.5) is 11.4 Å². The van der Waals surface area contributed by atoms with Crippen molar-refractivity contribution in [1.29, 1.82) is 5.26 Å². The molecule has 9 nitrogen and oxygen atoms in total. The van der Waals surface area contributed by atoms with E-state index in [-0.39, 0.29) is 50.6 Å². The van der Waals surface area contributed by atoms with Crippen molar-refractivity contribution in [1.82, 2.24) is 20.6 Å². The Kier molecular flexibility index (Phi) is 2.89. The molecule has 25 heavy (non-hydrogen) atoms. The molecule has 0 saturated carbocycles. The Balaban J connectivity index is 2.14. The van der Waals surface area contributed by atoms with Crippen molar-refractivity contribution in [3.63, 3.8) is 0 Å². The predicted octanol–water partition coefficient (Wildman–Crippen LogP) is 0.678. The molecule has 0 spiro atoms. The third kappa shape index (κ3) is 1.79. The number of nitriles is 1. The lowest BCUT2D eigenvalue weighted by Gasteiger charge is -2.22. The number of ketones is 2. The maximum Gasteiger partial charge on any atom is 0.208 e. The number of nitrogens with zero attached hydrogens (tertiary/aromatic N) is 4. The van der Waals surface area contributed by atoms with Crippen LogP contribution in [0.25, 0.3) is 11.4 Å². The topological polar surface area (TPSA) is 164 Å². The molecule has 1 aromatic heterocycles. The molecule has 0 unspecified atom stereocenters. The first-order valence-corrected chi connectivity index (χ1v) is 7.13. The fourth-order valence-electron chi connectivity index (χ4n) is 3.02. The number of hydrogen-bond acceptors (Lipinski definition) is 8. The number of rotatable bonds is 1. The summed E-state index contributed by atoms with van der Waals surface area (Å²) in [5.41, 5.74) is 12.4. The van der Waals surface area contributed by atoms with Crippen LogP contribution in [0.1, 0.15) is 37.4 Å². The second-order valence-corrected chi connectivity index (χ2v) is 5.38. The molecule has 0 atom stereocenters. The number of nitrogens with one attached hydrogen (secondary N) is 1. The smallest absolute Gasteiger partial charge is 0.208 e. The highest BCUT2D eigenvalue weighted by molar-refractivity contribution is 6.32. The van der Waals surface area contributed by atoms with E-state index in [1.54, 1.807) is 18.2 Å². The summed E-state index contributed by atoms with van der Waals surface area (Å²) in [5, 5.41) is 22.8. The largest absolute Gasteiger partial charge is 0.397 e. The van der Waals surface area contributed by atoms with Crippen LogP contribution >= 0.6 is 0 Å². The van der Waals surface area contributed by atoms with Gasteiger partial charge in [-0.25, -0.2) is 0 Å². The third-order valence-electron chi connectivity index (χ3n) is 4.13. The molecule has 0 aliphatic heterocycles. The monoisotopic (exact) mass is 331 g/mol. The van der Waals surface area contributed by atoms with E-state index >= 15 is 0 Å². The van der Waals surface area contributed by atoms with Gasteiger partial charge < -0.3 is 11.5 Å². The van der Waals surface area contributed by atoms with Crippen LogP contribution in [0, 0.1) is 11.3 Å². The zero-order valence-electron chi connectivity index (χ0n) is 12.6. The summed E-state index contributed by atoms with van der Waals surface area (Å²) in [7, 11) is 0. The van der Waals surface area contributed by atoms with E-state index < -0.39 is 11.6 Å². The van der Waals surface area contributed by atoms with Gasteiger partial charge in [0.2, 0.25) is 5.82 Å². The van der Waals surface area contributed by atoms with Crippen LogP contribution in [-0.2, 0) is 0 Å². The van der Waals surface area contributed by atoms with Gasteiger partial charge in [-0.1, -0.05) is 24.3 Å². The van der Waals surface area contributed by atoms with E-state index in [9.17, 15) is 14.9 Å². The standard InChI is InChI=1S/C16H9N7O2/c17-5-8-9(16-20-22-23-21-16)13(19)11-10(12(8)18)14(24)6-3-1-2-4-7(6)15(11)25/h1-4H,18-19H2,(H,20,21,22,23). The van der Waals surface area contributed by atoms with Crippen molar-refractivity contribution < 1.29 is 9.59 Å². The molecule has 9 heteroatoms. The molecule has 1 aliphatic carbocycles. The van der Waals surface area contributed by atoms with E-state index in [2.05, 4.69) is 20.6 Å². The van der Waals surface area contributed by atoms with E-state index in [1.165, 1.54) is 6.07 Å². The molecule has 5 N–H and O–H groups in total. The van der Waals surface area contributed by atoms with Gasteiger partial charge in [0.25, 0.3) is 0 Å². The van der Waals surface area contributed by atoms with Crippen LogP contribution in [0.5, 0.6) is 0 Å². The van der Waals surface area contributed by atoms with Crippen LogP contribution in [-0.4, -0.2) is 32.2 Å². The van der Waals surface area contributed by atoms with Crippen LogP contribution in [0.2, 0.25) is 0 Å². The normalized spacial score (nSPS) is 12.4. The number of hydrogen-bond donors (Lipinski definition) is 3. The average molecular weight is 331 g/mol. The van der Waals surface area contributed by atoms with Gasteiger partial charge in [0.1, 0.15) is 6.07 Å². The van der Waals surface area contributed by atoms with Gasteiger partial charge in [0, 0.05) is 11.1 Å². The zero-order valence-corrected chi connectivity index (χ0v) is 12.6. The Labute approximate surface area is 140 Å².